The van der Waals surface area contributed by atoms with Crippen molar-refractivity contribution in [2.45, 2.75) is 12.8 Å². The molecule has 2 aromatic carbocycles. The summed E-state index contributed by atoms with van der Waals surface area (Å²) in [4.78, 5) is 27.3. The van der Waals surface area contributed by atoms with Crippen LogP contribution in [0.5, 0.6) is 0 Å². The lowest BCUT2D eigenvalue weighted by molar-refractivity contribution is -0.139. The van der Waals surface area contributed by atoms with Gasteiger partial charge in [-0.1, -0.05) is 41.9 Å². The Hall–Kier alpha value is -3.28. The van der Waals surface area contributed by atoms with Gasteiger partial charge in [-0.15, -0.1) is 0 Å². The minimum Gasteiger partial charge on any atom is -0.466 e. The Bertz CT molecular complexity index is 1180. The van der Waals surface area contributed by atoms with E-state index >= 15 is 0 Å². The van der Waals surface area contributed by atoms with Gasteiger partial charge in [0, 0.05) is 4.47 Å². The fourth-order valence-electron chi connectivity index (χ4n) is 3.65. The number of hydrogen-bond acceptors (Lipinski definition) is 7. The van der Waals surface area contributed by atoms with Crippen molar-refractivity contribution in [3.05, 3.63) is 85.8 Å². The zero-order chi connectivity index (χ0) is 23.6. The molecule has 2 aromatic rings. The molecule has 1 atom stereocenters. The van der Waals surface area contributed by atoms with Gasteiger partial charge >= 0.3 is 11.9 Å². The summed E-state index contributed by atoms with van der Waals surface area (Å²) in [6.07, 6.45) is 0. The number of methoxy groups -OCH3 is 2. The summed E-state index contributed by atoms with van der Waals surface area (Å²) in [6.45, 7) is 1.85. The van der Waals surface area contributed by atoms with Crippen molar-refractivity contribution in [1.82, 2.24) is 0 Å². The highest BCUT2D eigenvalue weighted by Crippen LogP contribution is 2.46. The van der Waals surface area contributed by atoms with Crippen molar-refractivity contribution < 1.29 is 19.1 Å². The van der Waals surface area contributed by atoms with Crippen LogP contribution in [0.4, 0.5) is 5.69 Å². The summed E-state index contributed by atoms with van der Waals surface area (Å²) >= 11 is 9.99. The molecule has 0 amide bonds. The topological polar surface area (TPSA) is 106 Å². The Morgan fingerprint density at radius 2 is 1.78 bits per heavy atom. The zero-order valence-corrected chi connectivity index (χ0v) is 19.8. The van der Waals surface area contributed by atoms with Crippen LogP contribution in [0.25, 0.3) is 0 Å². The van der Waals surface area contributed by atoms with E-state index in [2.05, 4.69) is 22.0 Å². The third-order valence-corrected chi connectivity index (χ3v) is 5.89. The predicted molar refractivity (Wildman–Crippen MR) is 123 cm³/mol. The van der Waals surface area contributed by atoms with E-state index in [1.807, 2.05) is 6.92 Å². The summed E-state index contributed by atoms with van der Waals surface area (Å²) < 4.78 is 10.5. The summed E-state index contributed by atoms with van der Waals surface area (Å²) in [5.41, 5.74) is 7.99. The number of nitrogens with two attached hydrogens (primary N) is 1. The average Bonchev–Trinajstić information content (AvgIpc) is 2.78. The van der Waals surface area contributed by atoms with Gasteiger partial charge in [-0.05, 0) is 46.1 Å². The molecule has 0 saturated heterocycles. The van der Waals surface area contributed by atoms with Gasteiger partial charge in [-0.3, -0.25) is 4.90 Å². The summed E-state index contributed by atoms with van der Waals surface area (Å²) in [6, 6.07) is 14.3. The Morgan fingerprint density at radius 1 is 1.16 bits per heavy atom. The third-order valence-electron chi connectivity index (χ3n) is 5.00. The van der Waals surface area contributed by atoms with E-state index in [0.29, 0.717) is 10.0 Å². The Balaban J connectivity index is 2.48. The van der Waals surface area contributed by atoms with Crippen LogP contribution in [-0.2, 0) is 19.1 Å². The largest absolute Gasteiger partial charge is 0.466 e. The van der Waals surface area contributed by atoms with Crippen LogP contribution < -0.4 is 10.6 Å². The van der Waals surface area contributed by atoms with E-state index in [0.717, 1.165) is 5.56 Å². The number of carbonyl (C=O) groups is 2. The molecule has 0 bridgehead atoms. The monoisotopic (exact) mass is 515 g/mol. The van der Waals surface area contributed by atoms with E-state index in [9.17, 15) is 14.9 Å². The number of benzene rings is 2. The minimum atomic E-state index is -0.943. The second-order valence-corrected chi connectivity index (χ2v) is 8.17. The van der Waals surface area contributed by atoms with E-state index in [1.54, 1.807) is 42.5 Å². The standard InChI is InChI=1S/C23H19BrClN3O4/c1-12-9-15(24)19(16(25)10-12)28-20(23(30)32-3)18(22(29)31-2)17(14(11-26)21(28)27)13-7-5-4-6-8-13/h4-10,17H,27H2,1-3H3. The molecule has 1 heterocycles. The number of aryl methyl sites for hydroxylation is 1. The maximum Gasteiger partial charge on any atom is 0.355 e. The van der Waals surface area contributed by atoms with Gasteiger partial charge in [-0.25, -0.2) is 9.59 Å². The first kappa shape index (κ1) is 23.4. The van der Waals surface area contributed by atoms with E-state index < -0.39 is 17.9 Å². The molecule has 1 aliphatic heterocycles. The highest BCUT2D eigenvalue weighted by molar-refractivity contribution is 9.10. The fraction of sp³-hybridized carbons (Fsp3) is 0.174. The van der Waals surface area contributed by atoms with Crippen LogP contribution in [0.3, 0.4) is 0 Å². The number of allylic oxidation sites excluding steroid dienone is 1. The van der Waals surface area contributed by atoms with Crippen LogP contribution >= 0.6 is 27.5 Å². The molecule has 2 N–H and O–H groups in total. The molecule has 0 spiro atoms. The molecule has 164 valence electrons. The number of ether oxygens (including phenoxy) is 2. The van der Waals surface area contributed by atoms with Crippen LogP contribution in [0, 0.1) is 18.3 Å². The normalized spacial score (nSPS) is 16.0. The van der Waals surface area contributed by atoms with Crippen molar-refractivity contribution in [3.8, 4) is 6.07 Å². The van der Waals surface area contributed by atoms with Gasteiger partial charge in [0.1, 0.15) is 11.5 Å². The smallest absolute Gasteiger partial charge is 0.355 e. The molecule has 0 aliphatic carbocycles. The van der Waals surface area contributed by atoms with Gasteiger partial charge in [0.05, 0.1) is 48.1 Å². The lowest BCUT2D eigenvalue weighted by Gasteiger charge is -2.36. The van der Waals surface area contributed by atoms with Crippen molar-refractivity contribution >= 4 is 45.2 Å². The second-order valence-electron chi connectivity index (χ2n) is 6.91. The molecule has 0 saturated carbocycles. The number of halogens is 2. The third kappa shape index (κ3) is 3.97. The second kappa shape index (κ2) is 9.47. The maximum absolute atomic E-state index is 13.0. The van der Waals surface area contributed by atoms with Gasteiger partial charge in [0.15, 0.2) is 0 Å². The molecule has 7 nitrogen and oxygen atoms in total. The molecule has 0 radical (unpaired) electrons. The molecular formula is C23H19BrClN3O4. The predicted octanol–water partition coefficient (Wildman–Crippen LogP) is 4.31. The van der Waals surface area contributed by atoms with Crippen molar-refractivity contribution in [2.75, 3.05) is 19.1 Å². The minimum absolute atomic E-state index is 0.0548. The number of hydrogen-bond donors (Lipinski definition) is 1. The molecule has 3 rings (SSSR count). The van der Waals surface area contributed by atoms with Crippen molar-refractivity contribution in [1.29, 1.82) is 5.26 Å². The first-order valence-corrected chi connectivity index (χ1v) is 10.5. The van der Waals surface area contributed by atoms with E-state index in [4.69, 9.17) is 26.8 Å². The molecule has 1 aliphatic rings. The van der Waals surface area contributed by atoms with Gasteiger partial charge in [0.25, 0.3) is 0 Å². The van der Waals surface area contributed by atoms with Gasteiger partial charge in [0.2, 0.25) is 0 Å². The van der Waals surface area contributed by atoms with E-state index in [-0.39, 0.29) is 33.4 Å². The Morgan fingerprint density at radius 3 is 2.31 bits per heavy atom. The first-order chi connectivity index (χ1) is 15.3. The fourth-order valence-corrected chi connectivity index (χ4v) is 4.88. The van der Waals surface area contributed by atoms with Crippen LogP contribution in [-0.4, -0.2) is 26.2 Å². The maximum atomic E-state index is 13.0. The molecular weight excluding hydrogens is 498 g/mol. The lowest BCUT2D eigenvalue weighted by atomic mass is 9.81. The number of carbonyl (C=O) groups excluding carboxylic acids is 2. The summed E-state index contributed by atoms with van der Waals surface area (Å²) in [5.74, 6) is -2.64. The zero-order valence-electron chi connectivity index (χ0n) is 17.5. The lowest BCUT2D eigenvalue weighted by Crippen LogP contribution is -2.41. The van der Waals surface area contributed by atoms with Crippen molar-refractivity contribution in [3.63, 3.8) is 0 Å². The highest BCUT2D eigenvalue weighted by Gasteiger charge is 2.43. The molecule has 9 heteroatoms. The SMILES string of the molecule is COC(=O)C1=C(C(=O)OC)N(c2c(Cl)cc(C)cc2Br)C(N)=C(C#N)C1c1ccccc1. The van der Waals surface area contributed by atoms with Gasteiger partial charge < -0.3 is 15.2 Å². The Labute approximate surface area is 198 Å². The highest BCUT2D eigenvalue weighted by atomic mass is 79.9. The van der Waals surface area contributed by atoms with Gasteiger partial charge in [-0.2, -0.15) is 5.26 Å². The van der Waals surface area contributed by atoms with Crippen molar-refractivity contribution in [2.24, 2.45) is 5.73 Å². The number of nitriles is 1. The first-order valence-electron chi connectivity index (χ1n) is 9.38. The molecule has 32 heavy (non-hydrogen) atoms. The van der Waals surface area contributed by atoms with Crippen LogP contribution in [0.15, 0.2) is 69.6 Å². The Kier molecular flexibility index (Phi) is 6.92. The summed E-state index contributed by atoms with van der Waals surface area (Å²) in [5, 5.41) is 10.3. The van der Waals surface area contributed by atoms with E-state index in [1.165, 1.54) is 19.1 Å². The quantitative estimate of drug-likeness (QED) is 0.604. The summed E-state index contributed by atoms with van der Waals surface area (Å²) in [7, 11) is 2.38. The average molecular weight is 517 g/mol. The number of nitrogens with zero attached hydrogens (tertiary/aromatic N) is 2. The molecule has 1 unspecified atom stereocenters. The number of anilines is 1. The molecule has 0 aromatic heterocycles. The van der Waals surface area contributed by atoms with Crippen LogP contribution in [0.2, 0.25) is 5.02 Å². The molecule has 0 fully saturated rings. The number of esters is 2. The number of rotatable bonds is 4. The van der Waals surface area contributed by atoms with Crippen LogP contribution in [0.1, 0.15) is 17.0 Å².